The lowest BCUT2D eigenvalue weighted by Gasteiger charge is -2.59. The largest absolute Gasteiger partial charge is 0.365 e. The number of benzene rings is 1. The lowest BCUT2D eigenvalue weighted by molar-refractivity contribution is -0.170. The Morgan fingerprint density at radius 1 is 1.17 bits per heavy atom. The molecule has 216 valence electrons. The lowest BCUT2D eigenvalue weighted by Crippen LogP contribution is -2.66. The third kappa shape index (κ3) is 5.73. The fourth-order valence-electron chi connectivity index (χ4n) is 5.66. The Balaban J connectivity index is 1.45. The van der Waals surface area contributed by atoms with E-state index in [0.717, 1.165) is 0 Å². The number of alkyl halides is 4. The van der Waals surface area contributed by atoms with Gasteiger partial charge in [-0.15, -0.1) is 0 Å². The first kappa shape index (κ1) is 28.4. The first-order chi connectivity index (χ1) is 19.4. The summed E-state index contributed by atoms with van der Waals surface area (Å²) in [5.74, 6) is -4.45. The first-order valence-electron chi connectivity index (χ1n) is 13.0. The summed E-state index contributed by atoms with van der Waals surface area (Å²) in [5.41, 5.74) is 0.589. The van der Waals surface area contributed by atoms with Crippen LogP contribution < -0.4 is 15.1 Å². The van der Waals surface area contributed by atoms with E-state index in [2.05, 4.69) is 15.3 Å². The second kappa shape index (κ2) is 10.7. The van der Waals surface area contributed by atoms with Gasteiger partial charge in [0.2, 0.25) is 17.8 Å². The molecule has 3 heterocycles. The summed E-state index contributed by atoms with van der Waals surface area (Å²) in [5, 5.41) is 2.64. The zero-order valence-electron chi connectivity index (χ0n) is 22.4. The molecule has 1 aliphatic carbocycles. The Kier molecular flexibility index (Phi) is 7.43. The summed E-state index contributed by atoms with van der Waals surface area (Å²) in [7, 11) is 1.57. The third-order valence-corrected chi connectivity index (χ3v) is 7.57. The Bertz CT molecular complexity index is 1450. The van der Waals surface area contributed by atoms with Crippen molar-refractivity contribution in [1.29, 1.82) is 0 Å². The number of carbonyl (C=O) groups excluding carboxylic acids is 2. The summed E-state index contributed by atoms with van der Waals surface area (Å²) < 4.78 is 68.6. The molecular weight excluding hydrogens is 545 g/mol. The third-order valence-electron chi connectivity index (χ3n) is 7.57. The minimum absolute atomic E-state index is 0.0348. The van der Waals surface area contributed by atoms with E-state index in [0.29, 0.717) is 36.3 Å². The molecule has 1 aliphatic heterocycles. The number of carbonyl (C=O) groups is 2. The first-order valence-corrected chi connectivity index (χ1v) is 13.0. The van der Waals surface area contributed by atoms with Crippen LogP contribution in [0, 0.1) is 11.4 Å². The van der Waals surface area contributed by atoms with Crippen LogP contribution in [0.15, 0.2) is 48.7 Å². The summed E-state index contributed by atoms with van der Waals surface area (Å²) in [6.45, 7) is 2.00. The number of amides is 1. The van der Waals surface area contributed by atoms with Crippen LogP contribution in [0.25, 0.3) is 11.1 Å². The second-order valence-electron chi connectivity index (χ2n) is 10.9. The maximum Gasteiger partial charge on any atom is 0.263 e. The Labute approximate surface area is 233 Å². The number of aromatic nitrogens is 2. The van der Waals surface area contributed by atoms with E-state index in [1.54, 1.807) is 37.1 Å². The molecule has 2 aliphatic rings. The number of hydrogen-bond donors (Lipinski definition) is 1. The number of hydrogen-bond acceptors (Lipinski definition) is 6. The lowest BCUT2D eigenvalue weighted by atomic mass is 9.61. The Morgan fingerprint density at radius 3 is 2.46 bits per heavy atom. The van der Waals surface area contributed by atoms with E-state index in [1.807, 2.05) is 0 Å². The second-order valence-corrected chi connectivity index (χ2v) is 10.9. The fraction of sp³-hybridized carbons (Fsp3) is 0.379. The Morgan fingerprint density at radius 2 is 1.85 bits per heavy atom. The molecule has 41 heavy (non-hydrogen) atoms. The standard InChI is InChI=1S/C29H28F5N5O2/c1-17(12-40)25-20(4-3-9-35-25)24-21(38(2)11-23(41)36-19-7-5-18(6-8-19)26(30)31)10-22(37-27(24)32)39-15-28(16-39)13-29(33,34)14-28/h3-10,12,17,26H,11,13-16H2,1-2H3,(H,36,41)/t17-/m1/s1. The topological polar surface area (TPSA) is 78.4 Å². The van der Waals surface area contributed by atoms with Crippen molar-refractivity contribution in [2.45, 2.75) is 38.0 Å². The molecule has 1 amide bonds. The van der Waals surface area contributed by atoms with Crippen LogP contribution in [0.5, 0.6) is 0 Å². The van der Waals surface area contributed by atoms with Crippen molar-refractivity contribution in [3.63, 3.8) is 0 Å². The quantitative estimate of drug-likeness (QED) is 0.197. The van der Waals surface area contributed by atoms with Crippen molar-refractivity contribution in [2.24, 2.45) is 5.41 Å². The molecule has 0 unspecified atom stereocenters. The van der Waals surface area contributed by atoms with E-state index in [-0.39, 0.29) is 42.0 Å². The van der Waals surface area contributed by atoms with Crippen LogP contribution in [0.3, 0.4) is 0 Å². The average Bonchev–Trinajstić information content (AvgIpc) is 2.89. The highest BCUT2D eigenvalue weighted by Gasteiger charge is 2.62. The molecule has 12 heteroatoms. The van der Waals surface area contributed by atoms with E-state index in [1.165, 1.54) is 35.4 Å². The normalized spacial score (nSPS) is 17.5. The molecule has 2 fully saturated rings. The van der Waals surface area contributed by atoms with Gasteiger partial charge in [0.05, 0.1) is 29.4 Å². The van der Waals surface area contributed by atoms with E-state index in [9.17, 15) is 27.2 Å². The van der Waals surface area contributed by atoms with Crippen LogP contribution in [-0.4, -0.2) is 54.8 Å². The highest BCUT2D eigenvalue weighted by Crippen LogP contribution is 2.57. The molecule has 3 aromatic rings. The molecule has 1 atom stereocenters. The molecule has 5 rings (SSSR count). The molecule has 1 saturated carbocycles. The molecule has 0 radical (unpaired) electrons. The van der Waals surface area contributed by atoms with Crippen LogP contribution >= 0.6 is 0 Å². The van der Waals surface area contributed by atoms with Crippen molar-refractivity contribution in [2.75, 3.05) is 41.8 Å². The van der Waals surface area contributed by atoms with Crippen LogP contribution in [0.4, 0.5) is 39.1 Å². The summed E-state index contributed by atoms with van der Waals surface area (Å²) in [4.78, 5) is 36.1. The zero-order chi connectivity index (χ0) is 29.5. The summed E-state index contributed by atoms with van der Waals surface area (Å²) in [6.07, 6.45) is -0.893. The monoisotopic (exact) mass is 573 g/mol. The van der Waals surface area contributed by atoms with Crippen LogP contribution in [-0.2, 0) is 9.59 Å². The predicted molar refractivity (Wildman–Crippen MR) is 144 cm³/mol. The minimum Gasteiger partial charge on any atom is -0.365 e. The molecule has 7 nitrogen and oxygen atoms in total. The molecule has 1 aromatic carbocycles. The Hall–Kier alpha value is -4.09. The van der Waals surface area contributed by atoms with Crippen molar-refractivity contribution in [3.05, 3.63) is 65.9 Å². The van der Waals surface area contributed by atoms with Gasteiger partial charge in [-0.05, 0) is 18.2 Å². The van der Waals surface area contributed by atoms with E-state index in [4.69, 9.17) is 0 Å². The van der Waals surface area contributed by atoms with Gasteiger partial charge in [0.15, 0.2) is 0 Å². The number of rotatable bonds is 9. The van der Waals surface area contributed by atoms with E-state index < -0.39 is 35.5 Å². The number of anilines is 3. The van der Waals surface area contributed by atoms with Gasteiger partial charge < -0.3 is 19.9 Å². The van der Waals surface area contributed by atoms with Gasteiger partial charge >= 0.3 is 0 Å². The molecule has 1 saturated heterocycles. The van der Waals surface area contributed by atoms with Crippen molar-refractivity contribution in [3.8, 4) is 11.1 Å². The smallest absolute Gasteiger partial charge is 0.263 e. The molecular formula is C29H28F5N5O2. The molecule has 1 N–H and O–H groups in total. The number of halogens is 5. The van der Waals surface area contributed by atoms with Crippen LogP contribution in [0.2, 0.25) is 0 Å². The van der Waals surface area contributed by atoms with Gasteiger partial charge in [-0.1, -0.05) is 25.1 Å². The van der Waals surface area contributed by atoms with Crippen molar-refractivity contribution in [1.82, 2.24) is 9.97 Å². The number of likely N-dealkylation sites (N-methyl/N-ethyl adjacent to an activating group) is 1. The minimum atomic E-state index is -2.68. The van der Waals surface area contributed by atoms with Gasteiger partial charge in [-0.25, -0.2) is 22.5 Å². The van der Waals surface area contributed by atoms with Crippen molar-refractivity contribution < 1.29 is 31.5 Å². The number of nitrogens with one attached hydrogen (secondary N) is 1. The number of pyridine rings is 2. The maximum absolute atomic E-state index is 15.9. The number of nitrogens with zero attached hydrogens (tertiary/aromatic N) is 4. The van der Waals surface area contributed by atoms with Gasteiger partial charge in [0, 0.05) is 67.5 Å². The van der Waals surface area contributed by atoms with Gasteiger partial charge in [-0.2, -0.15) is 4.39 Å². The molecule has 2 aromatic heterocycles. The van der Waals surface area contributed by atoms with Gasteiger partial charge in [-0.3, -0.25) is 9.78 Å². The molecule has 1 spiro atoms. The zero-order valence-corrected chi connectivity index (χ0v) is 22.4. The maximum atomic E-state index is 15.9. The average molecular weight is 574 g/mol. The van der Waals surface area contributed by atoms with Gasteiger partial charge in [0.1, 0.15) is 12.1 Å². The van der Waals surface area contributed by atoms with Crippen molar-refractivity contribution >= 4 is 29.4 Å². The highest BCUT2D eigenvalue weighted by molar-refractivity contribution is 5.95. The van der Waals surface area contributed by atoms with Gasteiger partial charge in [0.25, 0.3) is 6.43 Å². The molecule has 0 bridgehead atoms. The van der Waals surface area contributed by atoms with Crippen LogP contribution in [0.1, 0.15) is 43.4 Å². The fourth-order valence-corrected chi connectivity index (χ4v) is 5.66. The van der Waals surface area contributed by atoms with E-state index >= 15 is 4.39 Å². The SMILES string of the molecule is C[C@H](C=O)c1ncccc1-c1c(N(C)CC(=O)Nc2ccc(C(F)F)cc2)cc(N2CC3(C2)CC(F)(F)C3)nc1F. The summed E-state index contributed by atoms with van der Waals surface area (Å²) >= 11 is 0. The number of aldehydes is 1. The highest BCUT2D eigenvalue weighted by atomic mass is 19.3. The predicted octanol–water partition coefficient (Wildman–Crippen LogP) is 5.83. The summed E-state index contributed by atoms with van der Waals surface area (Å²) in [6, 6.07) is 9.95.